The van der Waals surface area contributed by atoms with Crippen molar-refractivity contribution in [3.05, 3.63) is 83.6 Å². The van der Waals surface area contributed by atoms with E-state index in [-0.39, 0.29) is 23.9 Å². The monoisotopic (exact) mass is 550 g/mol. The number of carbonyl (C=O) groups is 3. The number of aromatic hydroxyl groups is 1. The lowest BCUT2D eigenvalue weighted by Gasteiger charge is -2.44. The lowest BCUT2D eigenvalue weighted by molar-refractivity contribution is -0.00572. The first-order valence-corrected chi connectivity index (χ1v) is 14.0. The van der Waals surface area contributed by atoms with Gasteiger partial charge in [-0.05, 0) is 66.4 Å². The van der Waals surface area contributed by atoms with Crippen molar-refractivity contribution in [3.8, 4) is 22.6 Å². The molecule has 1 aromatic heterocycles. The fourth-order valence-electron chi connectivity index (χ4n) is 6.23. The molecule has 8 heteroatoms. The van der Waals surface area contributed by atoms with Crippen molar-refractivity contribution in [3.63, 3.8) is 0 Å². The van der Waals surface area contributed by atoms with E-state index in [1.807, 2.05) is 42.6 Å². The topological polar surface area (TPSA) is 98.1 Å². The van der Waals surface area contributed by atoms with Crippen LogP contribution in [0.4, 0.5) is 0 Å². The summed E-state index contributed by atoms with van der Waals surface area (Å²) in [5, 5.41) is 11.4. The van der Waals surface area contributed by atoms with E-state index in [0.29, 0.717) is 54.4 Å². The van der Waals surface area contributed by atoms with Gasteiger partial charge in [-0.2, -0.15) is 0 Å². The molecule has 0 bridgehead atoms. The van der Waals surface area contributed by atoms with Crippen LogP contribution in [0.2, 0.25) is 0 Å². The normalized spacial score (nSPS) is 17.8. The molecule has 208 valence electrons. The number of likely N-dealkylation sites (tertiary alicyclic amines) is 1. The highest BCUT2D eigenvalue weighted by molar-refractivity contribution is 6.02. The molecule has 1 spiro atoms. The first kappa shape index (κ1) is 25.4. The molecule has 3 heterocycles. The number of piperidine rings is 1. The Morgan fingerprint density at radius 3 is 2.51 bits per heavy atom. The van der Waals surface area contributed by atoms with Gasteiger partial charge in [0.2, 0.25) is 0 Å². The maximum absolute atomic E-state index is 13.5. The molecule has 4 aromatic rings. The molecule has 3 aliphatic rings. The number of fused-ring (bicyclic) bond motifs is 2. The molecule has 0 unspecified atom stereocenters. The highest BCUT2D eigenvalue weighted by Gasteiger charge is 2.44. The number of hydrogen-bond donors (Lipinski definition) is 1. The number of nitrogens with zero attached hydrogens (tertiary/aromatic N) is 2. The van der Waals surface area contributed by atoms with E-state index in [2.05, 4.69) is 4.57 Å². The molecule has 1 N–H and O–H groups in total. The molecule has 1 aliphatic carbocycles. The number of hydrogen-bond acceptors (Lipinski definition) is 6. The minimum absolute atomic E-state index is 0.00760. The van der Waals surface area contributed by atoms with Gasteiger partial charge in [0.1, 0.15) is 17.1 Å². The zero-order chi connectivity index (χ0) is 28.3. The van der Waals surface area contributed by atoms with E-state index in [0.717, 1.165) is 34.9 Å². The number of amides is 1. The summed E-state index contributed by atoms with van der Waals surface area (Å²) in [5.74, 6) is 0.134. The fraction of sp³-hybridized carbons (Fsp3) is 0.303. The van der Waals surface area contributed by atoms with Gasteiger partial charge in [0, 0.05) is 49.1 Å². The van der Waals surface area contributed by atoms with Gasteiger partial charge in [-0.15, -0.1) is 0 Å². The number of rotatable bonds is 4. The molecular weight excluding hydrogens is 520 g/mol. The lowest BCUT2D eigenvalue weighted by Crippen LogP contribution is -2.52. The number of phenols is 1. The van der Waals surface area contributed by atoms with Gasteiger partial charge >= 0.3 is 5.97 Å². The van der Waals surface area contributed by atoms with E-state index in [1.54, 1.807) is 29.2 Å². The zero-order valence-corrected chi connectivity index (χ0v) is 22.8. The molecule has 1 saturated carbocycles. The van der Waals surface area contributed by atoms with Gasteiger partial charge in [0.25, 0.3) is 5.91 Å². The first-order chi connectivity index (χ1) is 19.8. The Kier molecular flexibility index (Phi) is 5.89. The number of Topliss-reactive ketones (excluding diaryl/α,β-unsaturated/α-hetero) is 1. The van der Waals surface area contributed by atoms with Crippen molar-refractivity contribution in [2.75, 3.05) is 20.2 Å². The van der Waals surface area contributed by atoms with Crippen LogP contribution in [0.15, 0.2) is 66.9 Å². The van der Waals surface area contributed by atoms with E-state index in [4.69, 9.17) is 9.47 Å². The van der Waals surface area contributed by atoms with Crippen LogP contribution in [0.3, 0.4) is 0 Å². The van der Waals surface area contributed by atoms with Gasteiger partial charge in [0.05, 0.1) is 30.2 Å². The summed E-state index contributed by atoms with van der Waals surface area (Å²) in [5.41, 5.74) is 3.30. The second-order valence-electron chi connectivity index (χ2n) is 11.3. The minimum atomic E-state index is -0.653. The molecule has 2 aliphatic heterocycles. The van der Waals surface area contributed by atoms with Crippen LogP contribution in [0.25, 0.3) is 22.0 Å². The summed E-state index contributed by atoms with van der Waals surface area (Å²) >= 11 is 0. The Hall–Kier alpha value is -4.59. The van der Waals surface area contributed by atoms with Crippen molar-refractivity contribution in [2.45, 2.75) is 43.7 Å². The number of benzene rings is 3. The molecule has 41 heavy (non-hydrogen) atoms. The SMILES string of the molecule is COC(=O)c1cccc(-c2ccc3c(c2)C(=O)CC2(CCN(C(=O)c4cc(O)c5ccn(C6CC6)c5c4)CC2)O3)c1. The maximum Gasteiger partial charge on any atom is 0.337 e. The number of carbonyl (C=O) groups excluding carboxylic acids is 3. The van der Waals surface area contributed by atoms with Gasteiger partial charge in [-0.1, -0.05) is 18.2 Å². The third kappa shape index (κ3) is 4.43. The molecule has 8 nitrogen and oxygen atoms in total. The summed E-state index contributed by atoms with van der Waals surface area (Å²) in [6.07, 6.45) is 5.54. The third-order valence-corrected chi connectivity index (χ3v) is 8.67. The van der Waals surface area contributed by atoms with Gasteiger partial charge in [0.15, 0.2) is 5.78 Å². The second kappa shape index (κ2) is 9.51. The van der Waals surface area contributed by atoms with Crippen LogP contribution in [0.1, 0.15) is 69.2 Å². The number of phenolic OH excluding ortho intramolecular Hbond substituents is 1. The molecule has 0 atom stereocenters. The van der Waals surface area contributed by atoms with E-state index < -0.39 is 11.6 Å². The van der Waals surface area contributed by atoms with Crippen LogP contribution >= 0.6 is 0 Å². The predicted octanol–water partition coefficient (Wildman–Crippen LogP) is 5.78. The average Bonchev–Trinajstić information content (AvgIpc) is 3.74. The lowest BCUT2D eigenvalue weighted by atomic mass is 9.82. The van der Waals surface area contributed by atoms with Crippen molar-refractivity contribution < 1.29 is 29.0 Å². The average molecular weight is 551 g/mol. The maximum atomic E-state index is 13.5. The van der Waals surface area contributed by atoms with Crippen LogP contribution < -0.4 is 4.74 Å². The number of methoxy groups -OCH3 is 1. The molecular formula is C33H30N2O6. The van der Waals surface area contributed by atoms with E-state index in [9.17, 15) is 19.5 Å². The van der Waals surface area contributed by atoms with Gasteiger partial charge in [-0.3, -0.25) is 9.59 Å². The summed E-state index contributed by atoms with van der Waals surface area (Å²) in [4.78, 5) is 40.6. The fourth-order valence-corrected chi connectivity index (χ4v) is 6.23. The van der Waals surface area contributed by atoms with E-state index >= 15 is 0 Å². The molecule has 0 radical (unpaired) electrons. The predicted molar refractivity (Wildman–Crippen MR) is 153 cm³/mol. The second-order valence-corrected chi connectivity index (χ2v) is 11.3. The van der Waals surface area contributed by atoms with Gasteiger partial charge in [-0.25, -0.2) is 4.79 Å². The number of aromatic nitrogens is 1. The Labute approximate surface area is 237 Å². The summed E-state index contributed by atoms with van der Waals surface area (Å²) in [6.45, 7) is 0.921. The molecule has 1 saturated heterocycles. The molecule has 7 rings (SSSR count). The van der Waals surface area contributed by atoms with Crippen molar-refractivity contribution in [1.82, 2.24) is 9.47 Å². The molecule has 3 aromatic carbocycles. The quantitative estimate of drug-likeness (QED) is 0.324. The largest absolute Gasteiger partial charge is 0.507 e. The number of ether oxygens (including phenoxy) is 2. The highest BCUT2D eigenvalue weighted by atomic mass is 16.5. The Balaban J connectivity index is 1.08. The summed E-state index contributed by atoms with van der Waals surface area (Å²) in [7, 11) is 1.35. The number of ketones is 1. The number of esters is 1. The molecule has 2 fully saturated rings. The summed E-state index contributed by atoms with van der Waals surface area (Å²) < 4.78 is 13.5. The van der Waals surface area contributed by atoms with Crippen LogP contribution in [-0.2, 0) is 4.74 Å². The minimum Gasteiger partial charge on any atom is -0.507 e. The van der Waals surface area contributed by atoms with Gasteiger partial charge < -0.3 is 24.0 Å². The Morgan fingerprint density at radius 1 is 0.976 bits per heavy atom. The summed E-state index contributed by atoms with van der Waals surface area (Å²) in [6, 6.07) is 18.4. The Morgan fingerprint density at radius 2 is 1.76 bits per heavy atom. The molecule has 1 amide bonds. The zero-order valence-electron chi connectivity index (χ0n) is 22.8. The first-order valence-electron chi connectivity index (χ1n) is 14.0. The highest BCUT2D eigenvalue weighted by Crippen LogP contribution is 2.42. The standard InChI is InChI=1S/C33H30N2O6/c1-40-32(39)22-4-2-3-20(15-22)21-5-8-30-26(16-21)29(37)19-33(41-30)10-13-34(14-11-33)31(38)23-17-27-25(28(36)18-23)9-12-35(27)24-6-7-24/h2-5,8-9,12,15-18,24,36H,6-7,10-11,13-14,19H2,1H3. The smallest absolute Gasteiger partial charge is 0.337 e. The van der Waals surface area contributed by atoms with Crippen LogP contribution in [0.5, 0.6) is 11.5 Å². The Bertz CT molecular complexity index is 1730. The van der Waals surface area contributed by atoms with E-state index in [1.165, 1.54) is 7.11 Å². The van der Waals surface area contributed by atoms with Crippen molar-refractivity contribution in [2.24, 2.45) is 0 Å². The van der Waals surface area contributed by atoms with Crippen molar-refractivity contribution in [1.29, 1.82) is 0 Å². The van der Waals surface area contributed by atoms with Crippen LogP contribution in [0, 0.1) is 0 Å². The van der Waals surface area contributed by atoms with Crippen molar-refractivity contribution >= 4 is 28.6 Å². The van der Waals surface area contributed by atoms with Crippen LogP contribution in [-0.4, -0.2) is 58.0 Å². The third-order valence-electron chi connectivity index (χ3n) is 8.67.